The minimum Gasteiger partial charge on any atom is -0.465 e. The molecule has 1 rings (SSSR count). The Hall–Kier alpha value is -1.58. The average molecular weight is 226 g/mol. The van der Waals surface area contributed by atoms with Crippen molar-refractivity contribution in [2.24, 2.45) is 0 Å². The Morgan fingerprint density at radius 2 is 1.88 bits per heavy atom. The lowest BCUT2D eigenvalue weighted by Gasteiger charge is -1.99. The van der Waals surface area contributed by atoms with Gasteiger partial charge in [-0.3, -0.25) is 5.32 Å². The molecule has 1 aromatic heterocycles. The first kappa shape index (κ1) is 16.8. The van der Waals surface area contributed by atoms with Crippen molar-refractivity contribution in [2.45, 2.75) is 41.0 Å². The number of rotatable bonds is 2. The molecule has 1 aromatic rings. The Morgan fingerprint density at radius 1 is 1.31 bits per heavy atom. The first-order valence-corrected chi connectivity index (χ1v) is 5.67. The van der Waals surface area contributed by atoms with Gasteiger partial charge in [-0.1, -0.05) is 40.7 Å². The van der Waals surface area contributed by atoms with Gasteiger partial charge in [0.25, 0.3) is 0 Å². The molecule has 0 atom stereocenters. The van der Waals surface area contributed by atoms with E-state index in [1.54, 1.807) is 12.3 Å². The number of nitrogens with one attached hydrogen (secondary N) is 1. The van der Waals surface area contributed by atoms with Crippen LogP contribution in [-0.4, -0.2) is 16.2 Å². The van der Waals surface area contributed by atoms with Crippen LogP contribution in [0.25, 0.3) is 0 Å². The number of anilines is 1. The van der Waals surface area contributed by atoms with Gasteiger partial charge in [-0.2, -0.15) is 0 Å². The predicted octanol–water partition coefficient (Wildman–Crippen LogP) is 3.79. The van der Waals surface area contributed by atoms with Crippen LogP contribution in [0.2, 0.25) is 0 Å². The fourth-order valence-electron chi connectivity index (χ4n) is 0.817. The SMILES string of the molecule is CC.CC.CCc1ccc(NC(=O)O)nc1. The van der Waals surface area contributed by atoms with Gasteiger partial charge in [0.2, 0.25) is 0 Å². The van der Waals surface area contributed by atoms with Crippen LogP contribution >= 0.6 is 0 Å². The fraction of sp³-hybridized carbons (Fsp3) is 0.500. The Bertz CT molecular complexity index is 271. The van der Waals surface area contributed by atoms with E-state index < -0.39 is 6.09 Å². The number of nitrogens with zero attached hydrogens (tertiary/aromatic N) is 1. The van der Waals surface area contributed by atoms with Crippen LogP contribution in [0.1, 0.15) is 40.2 Å². The third-order valence-corrected chi connectivity index (χ3v) is 1.47. The number of hydrogen-bond acceptors (Lipinski definition) is 2. The van der Waals surface area contributed by atoms with E-state index in [-0.39, 0.29) is 0 Å². The van der Waals surface area contributed by atoms with Crippen LogP contribution in [0.3, 0.4) is 0 Å². The maximum Gasteiger partial charge on any atom is 0.410 e. The zero-order chi connectivity index (χ0) is 13.0. The van der Waals surface area contributed by atoms with Crippen molar-refractivity contribution in [3.63, 3.8) is 0 Å². The molecular formula is C12H22N2O2. The minimum atomic E-state index is -1.09. The average Bonchev–Trinajstić information content (AvgIpc) is 2.34. The lowest BCUT2D eigenvalue weighted by atomic mass is 10.2. The van der Waals surface area contributed by atoms with Gasteiger partial charge in [-0.05, 0) is 18.1 Å². The van der Waals surface area contributed by atoms with E-state index in [9.17, 15) is 4.79 Å². The molecule has 0 unspecified atom stereocenters. The van der Waals surface area contributed by atoms with Crippen molar-refractivity contribution in [2.75, 3.05) is 5.32 Å². The van der Waals surface area contributed by atoms with Crippen LogP contribution in [0.5, 0.6) is 0 Å². The summed E-state index contributed by atoms with van der Waals surface area (Å²) < 4.78 is 0. The van der Waals surface area contributed by atoms with Gasteiger partial charge in [-0.15, -0.1) is 0 Å². The van der Waals surface area contributed by atoms with Crippen LogP contribution in [0.15, 0.2) is 18.3 Å². The number of carbonyl (C=O) groups is 1. The molecule has 0 bridgehead atoms. The van der Waals surface area contributed by atoms with Gasteiger partial charge in [-0.25, -0.2) is 9.78 Å². The second kappa shape index (κ2) is 11.5. The van der Waals surface area contributed by atoms with Gasteiger partial charge in [0.15, 0.2) is 0 Å². The van der Waals surface area contributed by atoms with E-state index >= 15 is 0 Å². The molecule has 4 heteroatoms. The summed E-state index contributed by atoms with van der Waals surface area (Å²) in [5.41, 5.74) is 1.09. The number of aryl methyl sites for hydroxylation is 1. The monoisotopic (exact) mass is 226 g/mol. The number of pyridine rings is 1. The zero-order valence-corrected chi connectivity index (χ0v) is 10.7. The third kappa shape index (κ3) is 7.79. The smallest absolute Gasteiger partial charge is 0.410 e. The number of carboxylic acid groups (broad SMARTS) is 1. The summed E-state index contributed by atoms with van der Waals surface area (Å²) in [6.45, 7) is 10.0. The molecule has 2 N–H and O–H groups in total. The highest BCUT2D eigenvalue weighted by atomic mass is 16.4. The number of hydrogen-bond donors (Lipinski definition) is 2. The van der Waals surface area contributed by atoms with Crippen LogP contribution < -0.4 is 5.32 Å². The van der Waals surface area contributed by atoms with Crippen molar-refractivity contribution >= 4 is 11.9 Å². The Balaban J connectivity index is 0. The van der Waals surface area contributed by atoms with Gasteiger partial charge >= 0.3 is 6.09 Å². The number of amides is 1. The van der Waals surface area contributed by atoms with Gasteiger partial charge in [0.1, 0.15) is 5.82 Å². The third-order valence-electron chi connectivity index (χ3n) is 1.47. The fourth-order valence-corrected chi connectivity index (χ4v) is 0.817. The van der Waals surface area contributed by atoms with E-state index in [0.29, 0.717) is 5.82 Å². The number of aromatic nitrogens is 1. The molecule has 4 nitrogen and oxygen atoms in total. The van der Waals surface area contributed by atoms with E-state index in [2.05, 4.69) is 10.3 Å². The van der Waals surface area contributed by atoms with E-state index in [1.165, 1.54) is 0 Å². The van der Waals surface area contributed by atoms with Crippen LogP contribution in [0.4, 0.5) is 10.6 Å². The molecule has 0 aromatic carbocycles. The largest absolute Gasteiger partial charge is 0.465 e. The van der Waals surface area contributed by atoms with Crippen molar-refractivity contribution in [1.82, 2.24) is 4.98 Å². The quantitative estimate of drug-likeness (QED) is 0.806. The van der Waals surface area contributed by atoms with E-state index in [1.807, 2.05) is 40.7 Å². The molecule has 0 saturated carbocycles. The molecule has 0 fully saturated rings. The molecule has 0 aliphatic carbocycles. The van der Waals surface area contributed by atoms with Gasteiger partial charge in [0.05, 0.1) is 0 Å². The van der Waals surface area contributed by atoms with Crippen molar-refractivity contribution in [1.29, 1.82) is 0 Å². The Labute approximate surface area is 97.7 Å². The van der Waals surface area contributed by atoms with Gasteiger partial charge < -0.3 is 5.11 Å². The topological polar surface area (TPSA) is 62.2 Å². The predicted molar refractivity (Wildman–Crippen MR) is 68.0 cm³/mol. The highest BCUT2D eigenvalue weighted by molar-refractivity contribution is 5.81. The molecule has 0 saturated heterocycles. The normalized spacial score (nSPS) is 7.81. The maximum atomic E-state index is 10.2. The first-order chi connectivity index (χ1) is 7.72. The molecule has 92 valence electrons. The van der Waals surface area contributed by atoms with Gasteiger partial charge in [0, 0.05) is 6.20 Å². The van der Waals surface area contributed by atoms with Crippen molar-refractivity contribution < 1.29 is 9.90 Å². The Morgan fingerprint density at radius 3 is 2.19 bits per heavy atom. The van der Waals surface area contributed by atoms with E-state index in [0.717, 1.165) is 12.0 Å². The molecule has 1 heterocycles. The lowest BCUT2D eigenvalue weighted by molar-refractivity contribution is 0.209. The van der Waals surface area contributed by atoms with Crippen molar-refractivity contribution in [3.05, 3.63) is 23.9 Å². The lowest BCUT2D eigenvalue weighted by Crippen LogP contribution is -2.08. The Kier molecular flexibility index (Phi) is 12.1. The zero-order valence-electron chi connectivity index (χ0n) is 10.7. The second-order valence-electron chi connectivity index (χ2n) is 2.34. The molecule has 16 heavy (non-hydrogen) atoms. The summed E-state index contributed by atoms with van der Waals surface area (Å²) in [4.78, 5) is 14.1. The maximum absolute atomic E-state index is 10.2. The van der Waals surface area contributed by atoms with E-state index in [4.69, 9.17) is 5.11 Å². The molecule has 1 amide bonds. The summed E-state index contributed by atoms with van der Waals surface area (Å²) in [6.07, 6.45) is 1.47. The summed E-state index contributed by atoms with van der Waals surface area (Å²) in [5.74, 6) is 0.361. The summed E-state index contributed by atoms with van der Waals surface area (Å²) >= 11 is 0. The summed E-state index contributed by atoms with van der Waals surface area (Å²) in [6, 6.07) is 3.49. The first-order valence-electron chi connectivity index (χ1n) is 5.67. The highest BCUT2D eigenvalue weighted by Gasteiger charge is 1.97. The molecule has 0 spiro atoms. The van der Waals surface area contributed by atoms with Crippen LogP contribution in [0, 0.1) is 0 Å². The second-order valence-corrected chi connectivity index (χ2v) is 2.34. The molecule has 0 aliphatic rings. The minimum absolute atomic E-state index is 0.361. The van der Waals surface area contributed by atoms with Crippen molar-refractivity contribution in [3.8, 4) is 0 Å². The molecule has 0 aliphatic heterocycles. The summed E-state index contributed by atoms with van der Waals surface area (Å²) in [7, 11) is 0. The highest BCUT2D eigenvalue weighted by Crippen LogP contribution is 2.04. The molecular weight excluding hydrogens is 204 g/mol. The van der Waals surface area contributed by atoms with Crippen LogP contribution in [-0.2, 0) is 6.42 Å². The standard InChI is InChI=1S/C8H10N2O2.2C2H6/c1-2-6-3-4-7(9-5-6)10-8(11)12;2*1-2/h3-5H,2H2,1H3,(H,9,10)(H,11,12);2*1-2H3. The molecule has 0 radical (unpaired) electrons. The summed E-state index contributed by atoms with van der Waals surface area (Å²) in [5, 5.41) is 10.5.